The van der Waals surface area contributed by atoms with Crippen molar-refractivity contribution in [3.8, 4) is 0 Å². The normalized spacial score (nSPS) is 10.6. The molecule has 16 heavy (non-hydrogen) atoms. The topological polar surface area (TPSA) is 59.1 Å². The first kappa shape index (κ1) is 12.7. The van der Waals surface area contributed by atoms with Crippen molar-refractivity contribution in [1.82, 2.24) is 9.97 Å². The quantitative estimate of drug-likeness (QED) is 0.720. The predicted octanol–water partition coefficient (Wildman–Crippen LogP) is 1.70. The lowest BCUT2D eigenvalue weighted by atomic mass is 10.2. The minimum atomic E-state index is 0.316. The molecule has 0 unspecified atom stereocenters. The van der Waals surface area contributed by atoms with Gasteiger partial charge in [-0.2, -0.15) is 0 Å². The fraction of sp³-hybridized carbons (Fsp3) is 0.636. The highest BCUT2D eigenvalue weighted by atomic mass is 16.5. The average molecular weight is 224 g/mol. The summed E-state index contributed by atoms with van der Waals surface area (Å²) in [6, 6.07) is 1.89. The molecule has 1 aromatic rings. The minimum Gasteiger partial charge on any atom is -0.383 e. The molecule has 0 aliphatic rings. The van der Waals surface area contributed by atoms with Crippen LogP contribution in [0.2, 0.25) is 0 Å². The minimum absolute atomic E-state index is 0.316. The summed E-state index contributed by atoms with van der Waals surface area (Å²) in [4.78, 5) is 8.82. The molecule has 0 saturated carbocycles. The van der Waals surface area contributed by atoms with Crippen LogP contribution in [-0.4, -0.2) is 37.3 Å². The summed E-state index contributed by atoms with van der Waals surface area (Å²) in [6.07, 6.45) is 0. The molecule has 0 amide bonds. The molecule has 1 aromatic heterocycles. The van der Waals surface area contributed by atoms with Crippen molar-refractivity contribution in [1.29, 1.82) is 0 Å². The first-order chi connectivity index (χ1) is 7.67. The van der Waals surface area contributed by atoms with Crippen LogP contribution < -0.4 is 10.6 Å². The third-order valence-corrected chi connectivity index (χ3v) is 2.13. The van der Waals surface area contributed by atoms with Crippen molar-refractivity contribution in [3.05, 3.63) is 11.9 Å². The Bertz CT molecular complexity index is 328. The van der Waals surface area contributed by atoms with Crippen LogP contribution in [0, 0.1) is 0 Å². The largest absolute Gasteiger partial charge is 0.383 e. The van der Waals surface area contributed by atoms with Crippen LogP contribution in [0.4, 0.5) is 11.6 Å². The maximum atomic E-state index is 4.98. The molecule has 0 aliphatic carbocycles. The van der Waals surface area contributed by atoms with Crippen molar-refractivity contribution in [2.75, 3.05) is 37.9 Å². The van der Waals surface area contributed by atoms with Gasteiger partial charge >= 0.3 is 0 Å². The van der Waals surface area contributed by atoms with Gasteiger partial charge in [-0.1, -0.05) is 13.8 Å². The molecule has 0 aliphatic heterocycles. The van der Waals surface area contributed by atoms with Crippen molar-refractivity contribution in [2.24, 2.45) is 0 Å². The lowest BCUT2D eigenvalue weighted by Gasteiger charge is -2.11. The molecule has 0 atom stereocenters. The Balaban J connectivity index is 2.78. The number of hydrogen-bond acceptors (Lipinski definition) is 5. The number of anilines is 2. The van der Waals surface area contributed by atoms with E-state index in [0.717, 1.165) is 24.0 Å². The summed E-state index contributed by atoms with van der Waals surface area (Å²) < 4.78 is 4.98. The third-order valence-electron chi connectivity index (χ3n) is 2.13. The zero-order chi connectivity index (χ0) is 12.0. The van der Waals surface area contributed by atoms with Gasteiger partial charge in [-0.25, -0.2) is 9.97 Å². The third kappa shape index (κ3) is 3.66. The summed E-state index contributed by atoms with van der Waals surface area (Å²) in [5.74, 6) is 2.82. The molecule has 1 rings (SSSR count). The number of nitrogens with zero attached hydrogens (tertiary/aromatic N) is 2. The van der Waals surface area contributed by atoms with Crippen molar-refractivity contribution in [2.45, 2.75) is 19.8 Å². The molecule has 0 radical (unpaired) electrons. The van der Waals surface area contributed by atoms with Gasteiger partial charge in [0.25, 0.3) is 0 Å². The highest BCUT2D eigenvalue weighted by molar-refractivity contribution is 5.47. The van der Waals surface area contributed by atoms with E-state index in [0.29, 0.717) is 12.5 Å². The monoisotopic (exact) mass is 224 g/mol. The highest BCUT2D eigenvalue weighted by Crippen LogP contribution is 2.16. The Morgan fingerprint density at radius 1 is 1.31 bits per heavy atom. The van der Waals surface area contributed by atoms with Crippen LogP contribution in [0.3, 0.4) is 0 Å². The lowest BCUT2D eigenvalue weighted by molar-refractivity contribution is 0.210. The van der Waals surface area contributed by atoms with Gasteiger partial charge in [-0.3, -0.25) is 0 Å². The number of rotatable bonds is 6. The second-order valence-electron chi connectivity index (χ2n) is 3.82. The van der Waals surface area contributed by atoms with Crippen LogP contribution in [0.5, 0.6) is 0 Å². The second kappa shape index (κ2) is 6.27. The van der Waals surface area contributed by atoms with Gasteiger partial charge in [0.05, 0.1) is 6.61 Å². The number of nitrogens with one attached hydrogen (secondary N) is 2. The van der Waals surface area contributed by atoms with E-state index in [2.05, 4.69) is 34.4 Å². The molecule has 5 nitrogen and oxygen atoms in total. The van der Waals surface area contributed by atoms with Crippen LogP contribution in [-0.2, 0) is 4.74 Å². The van der Waals surface area contributed by atoms with Crippen molar-refractivity contribution in [3.63, 3.8) is 0 Å². The predicted molar refractivity (Wildman–Crippen MR) is 66.0 cm³/mol. The van der Waals surface area contributed by atoms with Crippen LogP contribution in [0.15, 0.2) is 6.07 Å². The van der Waals surface area contributed by atoms with Crippen LogP contribution in [0.25, 0.3) is 0 Å². The van der Waals surface area contributed by atoms with E-state index in [9.17, 15) is 0 Å². The zero-order valence-electron chi connectivity index (χ0n) is 10.4. The van der Waals surface area contributed by atoms with Gasteiger partial charge in [0.2, 0.25) is 0 Å². The molecule has 1 heterocycles. The Morgan fingerprint density at radius 3 is 2.56 bits per heavy atom. The Kier molecular flexibility index (Phi) is 4.98. The van der Waals surface area contributed by atoms with Gasteiger partial charge in [-0.05, 0) is 0 Å². The first-order valence-corrected chi connectivity index (χ1v) is 5.47. The Morgan fingerprint density at radius 2 is 2.00 bits per heavy atom. The molecular weight excluding hydrogens is 204 g/mol. The SMILES string of the molecule is CNc1cc(NCCOC)nc(C(C)C)n1. The fourth-order valence-corrected chi connectivity index (χ4v) is 1.22. The van der Waals surface area contributed by atoms with Gasteiger partial charge in [0, 0.05) is 32.7 Å². The van der Waals surface area contributed by atoms with Gasteiger partial charge < -0.3 is 15.4 Å². The van der Waals surface area contributed by atoms with E-state index < -0.39 is 0 Å². The summed E-state index contributed by atoms with van der Waals surface area (Å²) in [5.41, 5.74) is 0. The number of ether oxygens (including phenoxy) is 1. The molecule has 0 aromatic carbocycles. The van der Waals surface area contributed by atoms with Crippen molar-refractivity contribution >= 4 is 11.6 Å². The number of methoxy groups -OCH3 is 1. The molecule has 90 valence electrons. The standard InChI is InChI=1S/C11H20N4O/c1-8(2)11-14-9(12-3)7-10(15-11)13-5-6-16-4/h7-8H,5-6H2,1-4H3,(H2,12,13,14,15). The number of aromatic nitrogens is 2. The molecule has 0 spiro atoms. The molecule has 2 N–H and O–H groups in total. The second-order valence-corrected chi connectivity index (χ2v) is 3.82. The fourth-order valence-electron chi connectivity index (χ4n) is 1.22. The smallest absolute Gasteiger partial charge is 0.135 e. The summed E-state index contributed by atoms with van der Waals surface area (Å²) in [5, 5.41) is 6.23. The molecule has 0 bridgehead atoms. The van der Waals surface area contributed by atoms with E-state index in [1.807, 2.05) is 13.1 Å². The summed E-state index contributed by atoms with van der Waals surface area (Å²) >= 11 is 0. The molecule has 0 saturated heterocycles. The average Bonchev–Trinajstić information content (AvgIpc) is 2.29. The Hall–Kier alpha value is -1.36. The van der Waals surface area contributed by atoms with Crippen molar-refractivity contribution < 1.29 is 4.74 Å². The van der Waals surface area contributed by atoms with Gasteiger partial charge in [0.1, 0.15) is 17.5 Å². The van der Waals surface area contributed by atoms with E-state index in [1.165, 1.54) is 0 Å². The van der Waals surface area contributed by atoms with E-state index >= 15 is 0 Å². The lowest BCUT2D eigenvalue weighted by Crippen LogP contribution is -2.11. The van der Waals surface area contributed by atoms with E-state index in [-0.39, 0.29) is 0 Å². The zero-order valence-corrected chi connectivity index (χ0v) is 10.4. The highest BCUT2D eigenvalue weighted by Gasteiger charge is 2.06. The van der Waals surface area contributed by atoms with Crippen LogP contribution >= 0.6 is 0 Å². The summed E-state index contributed by atoms with van der Waals surface area (Å²) in [7, 11) is 3.53. The van der Waals surface area contributed by atoms with Gasteiger partial charge in [0.15, 0.2) is 0 Å². The van der Waals surface area contributed by atoms with E-state index in [4.69, 9.17) is 4.74 Å². The first-order valence-electron chi connectivity index (χ1n) is 5.47. The number of hydrogen-bond donors (Lipinski definition) is 2. The Labute approximate surface area is 96.6 Å². The molecular formula is C11H20N4O. The van der Waals surface area contributed by atoms with Gasteiger partial charge in [-0.15, -0.1) is 0 Å². The maximum absolute atomic E-state index is 4.98. The molecule has 5 heteroatoms. The van der Waals surface area contributed by atoms with E-state index in [1.54, 1.807) is 7.11 Å². The summed E-state index contributed by atoms with van der Waals surface area (Å²) in [6.45, 7) is 5.56. The molecule has 0 fully saturated rings. The maximum Gasteiger partial charge on any atom is 0.135 e. The van der Waals surface area contributed by atoms with Crippen LogP contribution in [0.1, 0.15) is 25.6 Å².